The van der Waals surface area contributed by atoms with E-state index >= 15 is 0 Å². The topological polar surface area (TPSA) is 46.2 Å². The molecule has 16 heavy (non-hydrogen) atoms. The van der Waals surface area contributed by atoms with E-state index in [4.69, 9.17) is 5.73 Å². The van der Waals surface area contributed by atoms with Crippen molar-refractivity contribution < 1.29 is 13.9 Å². The van der Waals surface area contributed by atoms with Crippen LogP contribution in [0.5, 0.6) is 0 Å². The van der Waals surface area contributed by atoms with Crippen LogP contribution >= 0.6 is 0 Å². The standard InChI is InChI=1S/C12H17F2NO/c1-3-12(2,7-15)11(16)10-8(13)5-4-6-9(10)14/h4-6,11,16H,3,7,15H2,1-2H3. The SMILES string of the molecule is CCC(C)(CN)C(O)c1c(F)cccc1F. The first-order valence-electron chi connectivity index (χ1n) is 5.28. The van der Waals surface area contributed by atoms with E-state index in [1.165, 1.54) is 6.07 Å². The average Bonchev–Trinajstić information content (AvgIpc) is 2.27. The predicted molar refractivity (Wildman–Crippen MR) is 58.8 cm³/mol. The maximum absolute atomic E-state index is 13.5. The largest absolute Gasteiger partial charge is 0.388 e. The molecule has 0 aromatic heterocycles. The van der Waals surface area contributed by atoms with Gasteiger partial charge >= 0.3 is 0 Å². The van der Waals surface area contributed by atoms with E-state index in [0.29, 0.717) is 6.42 Å². The third-order valence-electron chi connectivity index (χ3n) is 3.21. The Morgan fingerprint density at radius 2 is 1.88 bits per heavy atom. The number of benzene rings is 1. The van der Waals surface area contributed by atoms with Gasteiger partial charge in [0.25, 0.3) is 0 Å². The van der Waals surface area contributed by atoms with E-state index in [9.17, 15) is 13.9 Å². The Morgan fingerprint density at radius 3 is 2.25 bits per heavy atom. The Bertz CT molecular complexity index is 344. The highest BCUT2D eigenvalue weighted by molar-refractivity contribution is 5.23. The van der Waals surface area contributed by atoms with E-state index in [1.54, 1.807) is 6.92 Å². The van der Waals surface area contributed by atoms with Crippen molar-refractivity contribution in [1.29, 1.82) is 0 Å². The first kappa shape index (κ1) is 13.1. The Morgan fingerprint density at radius 1 is 1.38 bits per heavy atom. The highest BCUT2D eigenvalue weighted by Crippen LogP contribution is 2.37. The molecule has 0 spiro atoms. The Hall–Kier alpha value is -1.00. The molecule has 0 amide bonds. The van der Waals surface area contributed by atoms with Gasteiger partial charge in [0.1, 0.15) is 11.6 Å². The molecule has 0 bridgehead atoms. The number of halogens is 2. The van der Waals surface area contributed by atoms with Crippen LogP contribution in [0.1, 0.15) is 31.9 Å². The summed E-state index contributed by atoms with van der Waals surface area (Å²) in [5.41, 5.74) is 4.54. The van der Waals surface area contributed by atoms with Crippen molar-refractivity contribution >= 4 is 0 Å². The number of aliphatic hydroxyl groups is 1. The molecule has 3 N–H and O–H groups in total. The van der Waals surface area contributed by atoms with Gasteiger partial charge in [0.05, 0.1) is 11.7 Å². The maximum Gasteiger partial charge on any atom is 0.131 e. The number of hydrogen-bond acceptors (Lipinski definition) is 2. The van der Waals surface area contributed by atoms with Gasteiger partial charge in [-0.05, 0) is 18.6 Å². The van der Waals surface area contributed by atoms with Gasteiger partial charge < -0.3 is 10.8 Å². The second kappa shape index (κ2) is 4.89. The van der Waals surface area contributed by atoms with Crippen LogP contribution in [0, 0.1) is 17.0 Å². The third-order valence-corrected chi connectivity index (χ3v) is 3.21. The molecule has 0 saturated heterocycles. The summed E-state index contributed by atoms with van der Waals surface area (Å²) in [6.45, 7) is 3.71. The van der Waals surface area contributed by atoms with Crippen molar-refractivity contribution in [2.75, 3.05) is 6.54 Å². The van der Waals surface area contributed by atoms with E-state index in [1.807, 2.05) is 6.92 Å². The van der Waals surface area contributed by atoms with E-state index in [-0.39, 0.29) is 12.1 Å². The zero-order valence-corrected chi connectivity index (χ0v) is 9.50. The molecule has 4 heteroatoms. The van der Waals surface area contributed by atoms with Crippen molar-refractivity contribution in [3.05, 3.63) is 35.4 Å². The lowest BCUT2D eigenvalue weighted by Crippen LogP contribution is -2.34. The zero-order valence-electron chi connectivity index (χ0n) is 9.50. The van der Waals surface area contributed by atoms with Crippen molar-refractivity contribution in [2.45, 2.75) is 26.4 Å². The van der Waals surface area contributed by atoms with E-state index in [2.05, 4.69) is 0 Å². The van der Waals surface area contributed by atoms with Gasteiger partial charge in [-0.2, -0.15) is 0 Å². The normalized spacial score (nSPS) is 16.9. The summed E-state index contributed by atoms with van der Waals surface area (Å²) in [4.78, 5) is 0. The Labute approximate surface area is 94.1 Å². The fraction of sp³-hybridized carbons (Fsp3) is 0.500. The fourth-order valence-electron chi connectivity index (χ4n) is 1.57. The van der Waals surface area contributed by atoms with Gasteiger partial charge in [-0.1, -0.05) is 19.9 Å². The molecule has 2 nitrogen and oxygen atoms in total. The summed E-state index contributed by atoms with van der Waals surface area (Å²) in [7, 11) is 0. The van der Waals surface area contributed by atoms with Crippen LogP contribution in [0.3, 0.4) is 0 Å². The lowest BCUT2D eigenvalue weighted by atomic mass is 9.78. The van der Waals surface area contributed by atoms with Crippen LogP contribution < -0.4 is 5.73 Å². The summed E-state index contributed by atoms with van der Waals surface area (Å²) in [6.07, 6.45) is -0.693. The monoisotopic (exact) mass is 229 g/mol. The van der Waals surface area contributed by atoms with Crippen molar-refractivity contribution in [2.24, 2.45) is 11.1 Å². The smallest absolute Gasteiger partial charge is 0.131 e. The molecule has 0 heterocycles. The van der Waals surface area contributed by atoms with Crippen LogP contribution in [0.4, 0.5) is 8.78 Å². The van der Waals surface area contributed by atoms with Crippen molar-refractivity contribution in [3.63, 3.8) is 0 Å². The highest BCUT2D eigenvalue weighted by atomic mass is 19.1. The van der Waals surface area contributed by atoms with Gasteiger partial charge in [0.2, 0.25) is 0 Å². The number of nitrogens with two attached hydrogens (primary N) is 1. The lowest BCUT2D eigenvalue weighted by Gasteiger charge is -2.32. The minimum absolute atomic E-state index is 0.165. The molecule has 0 saturated carbocycles. The summed E-state index contributed by atoms with van der Waals surface area (Å²) in [6, 6.07) is 3.54. The Balaban J connectivity index is 3.18. The van der Waals surface area contributed by atoms with Crippen LogP contribution in [0.25, 0.3) is 0 Å². The summed E-state index contributed by atoms with van der Waals surface area (Å²) < 4.78 is 26.9. The van der Waals surface area contributed by atoms with E-state index in [0.717, 1.165) is 12.1 Å². The molecule has 0 aliphatic heterocycles. The Kier molecular flexibility index (Phi) is 3.99. The van der Waals surface area contributed by atoms with Gasteiger partial charge in [-0.15, -0.1) is 0 Å². The third kappa shape index (κ3) is 2.23. The second-order valence-corrected chi connectivity index (χ2v) is 4.25. The minimum atomic E-state index is -1.23. The maximum atomic E-state index is 13.5. The lowest BCUT2D eigenvalue weighted by molar-refractivity contribution is 0.0333. The average molecular weight is 229 g/mol. The van der Waals surface area contributed by atoms with Gasteiger partial charge in [0.15, 0.2) is 0 Å². The quantitative estimate of drug-likeness (QED) is 0.832. The van der Waals surface area contributed by atoms with Crippen molar-refractivity contribution in [3.8, 4) is 0 Å². The van der Waals surface area contributed by atoms with Crippen LogP contribution in [-0.4, -0.2) is 11.7 Å². The van der Waals surface area contributed by atoms with Gasteiger partial charge in [-0.25, -0.2) is 8.78 Å². The minimum Gasteiger partial charge on any atom is -0.388 e. The summed E-state index contributed by atoms with van der Waals surface area (Å²) >= 11 is 0. The number of hydrogen-bond donors (Lipinski definition) is 2. The first-order chi connectivity index (χ1) is 7.46. The van der Waals surface area contributed by atoms with Crippen LogP contribution in [0.15, 0.2) is 18.2 Å². The molecule has 0 aliphatic rings. The molecule has 0 radical (unpaired) electrons. The highest BCUT2D eigenvalue weighted by Gasteiger charge is 2.34. The fourth-order valence-corrected chi connectivity index (χ4v) is 1.57. The summed E-state index contributed by atoms with van der Waals surface area (Å²) in [5, 5.41) is 10.0. The zero-order chi connectivity index (χ0) is 12.3. The molecule has 90 valence electrons. The molecular weight excluding hydrogens is 212 g/mol. The molecular formula is C12H17F2NO. The molecule has 2 unspecified atom stereocenters. The van der Waals surface area contributed by atoms with Crippen LogP contribution in [0.2, 0.25) is 0 Å². The van der Waals surface area contributed by atoms with Gasteiger partial charge in [-0.3, -0.25) is 0 Å². The van der Waals surface area contributed by atoms with Crippen LogP contribution in [-0.2, 0) is 0 Å². The molecule has 2 atom stereocenters. The van der Waals surface area contributed by atoms with Crippen molar-refractivity contribution in [1.82, 2.24) is 0 Å². The molecule has 1 rings (SSSR count). The summed E-state index contributed by atoms with van der Waals surface area (Å²) in [5.74, 6) is -1.47. The van der Waals surface area contributed by atoms with E-state index < -0.39 is 23.2 Å². The van der Waals surface area contributed by atoms with Gasteiger partial charge in [0, 0.05) is 12.0 Å². The first-order valence-corrected chi connectivity index (χ1v) is 5.28. The molecule has 0 fully saturated rings. The predicted octanol–water partition coefficient (Wildman–Crippen LogP) is 2.37. The second-order valence-electron chi connectivity index (χ2n) is 4.25. The number of aliphatic hydroxyl groups excluding tert-OH is 1. The number of rotatable bonds is 4. The molecule has 0 aliphatic carbocycles. The molecule has 1 aromatic carbocycles. The molecule has 1 aromatic rings.